The van der Waals surface area contributed by atoms with Gasteiger partial charge in [-0.05, 0) is 29.8 Å². The predicted molar refractivity (Wildman–Crippen MR) is 126 cm³/mol. The van der Waals surface area contributed by atoms with Gasteiger partial charge in [0.1, 0.15) is 23.7 Å². The van der Waals surface area contributed by atoms with Gasteiger partial charge in [-0.3, -0.25) is 4.68 Å². The molecule has 3 nitrogen and oxygen atoms in total. The maximum absolute atomic E-state index is 14.0. The highest BCUT2D eigenvalue weighted by Crippen LogP contribution is 2.38. The number of ether oxygens (including phenoxy) is 1. The van der Waals surface area contributed by atoms with Crippen LogP contribution in [0.25, 0.3) is 22.2 Å². The highest BCUT2D eigenvalue weighted by molar-refractivity contribution is 5.95. The molecule has 1 heterocycles. The predicted octanol–water partition coefficient (Wildman–Crippen LogP) is 7.49. The number of hydrogen-bond donors (Lipinski definition) is 0. The molecule has 0 amide bonds. The van der Waals surface area contributed by atoms with E-state index >= 15 is 0 Å². The van der Waals surface area contributed by atoms with E-state index in [1.54, 1.807) is 53.2 Å². The Hall–Kier alpha value is -4.13. The lowest BCUT2D eigenvalue weighted by molar-refractivity contribution is -0.136. The van der Waals surface area contributed by atoms with Crippen LogP contribution in [0.2, 0.25) is 0 Å². The fraction of sp³-hybridized carbons (Fsp3) is 0.107. The van der Waals surface area contributed by atoms with Crippen molar-refractivity contribution < 1.29 is 22.3 Å². The molecule has 35 heavy (non-hydrogen) atoms. The summed E-state index contributed by atoms with van der Waals surface area (Å²) in [6, 6.07) is 26.8. The second-order valence-electron chi connectivity index (χ2n) is 8.10. The summed E-state index contributed by atoms with van der Waals surface area (Å²) in [6.45, 7) is 0.320. The van der Waals surface area contributed by atoms with E-state index in [9.17, 15) is 17.6 Å². The summed E-state index contributed by atoms with van der Waals surface area (Å²) in [6.07, 6.45) is -4.53. The average molecular weight is 476 g/mol. The monoisotopic (exact) mass is 476 g/mol. The molecule has 176 valence electrons. The molecule has 0 saturated heterocycles. The summed E-state index contributed by atoms with van der Waals surface area (Å²) in [5.74, 6) is 0.105. The molecule has 5 aromatic rings. The third-order valence-electron chi connectivity index (χ3n) is 5.71. The lowest BCUT2D eigenvalue weighted by Gasteiger charge is -2.11. The van der Waals surface area contributed by atoms with E-state index in [4.69, 9.17) is 4.74 Å². The van der Waals surface area contributed by atoms with Crippen molar-refractivity contribution in [3.05, 3.63) is 120 Å². The minimum atomic E-state index is -4.53. The minimum Gasteiger partial charge on any atom is -0.489 e. The number of hydrogen-bond acceptors (Lipinski definition) is 2. The first-order chi connectivity index (χ1) is 16.9. The van der Waals surface area contributed by atoms with Crippen molar-refractivity contribution >= 4 is 10.9 Å². The first-order valence-electron chi connectivity index (χ1n) is 11.0. The van der Waals surface area contributed by atoms with Crippen LogP contribution in [-0.2, 0) is 19.3 Å². The van der Waals surface area contributed by atoms with E-state index in [0.29, 0.717) is 34.5 Å². The summed E-state index contributed by atoms with van der Waals surface area (Å²) < 4.78 is 62.6. The molecule has 0 spiro atoms. The van der Waals surface area contributed by atoms with Crippen molar-refractivity contribution in [2.24, 2.45) is 0 Å². The molecule has 0 aliphatic carbocycles. The van der Waals surface area contributed by atoms with Crippen LogP contribution in [0.15, 0.2) is 97.1 Å². The smallest absolute Gasteiger partial charge is 0.418 e. The van der Waals surface area contributed by atoms with Crippen LogP contribution < -0.4 is 4.74 Å². The van der Waals surface area contributed by atoms with Crippen molar-refractivity contribution in [2.75, 3.05) is 0 Å². The highest BCUT2D eigenvalue weighted by atomic mass is 19.4. The number of alkyl halides is 3. The van der Waals surface area contributed by atoms with E-state index in [1.807, 2.05) is 30.3 Å². The number of nitrogens with zero attached hydrogens (tertiary/aromatic N) is 2. The summed E-state index contributed by atoms with van der Waals surface area (Å²) in [4.78, 5) is 0. The van der Waals surface area contributed by atoms with Gasteiger partial charge >= 0.3 is 6.18 Å². The third kappa shape index (κ3) is 4.75. The summed E-state index contributed by atoms with van der Waals surface area (Å²) in [5, 5.41) is 4.78. The molecular formula is C28H20F4N2O. The zero-order valence-electron chi connectivity index (χ0n) is 18.5. The molecule has 5 rings (SSSR count). The normalized spacial score (nSPS) is 11.7. The van der Waals surface area contributed by atoms with Gasteiger partial charge in [0.05, 0.1) is 17.8 Å². The topological polar surface area (TPSA) is 27.1 Å². The zero-order chi connectivity index (χ0) is 24.4. The van der Waals surface area contributed by atoms with Crippen LogP contribution in [0.4, 0.5) is 17.6 Å². The fourth-order valence-electron chi connectivity index (χ4n) is 4.07. The van der Waals surface area contributed by atoms with E-state index in [0.717, 1.165) is 11.6 Å². The van der Waals surface area contributed by atoms with E-state index in [1.165, 1.54) is 12.1 Å². The van der Waals surface area contributed by atoms with Gasteiger partial charge in [-0.15, -0.1) is 0 Å². The first-order valence-corrected chi connectivity index (χ1v) is 11.0. The van der Waals surface area contributed by atoms with Crippen LogP contribution in [0.5, 0.6) is 5.75 Å². The maximum atomic E-state index is 14.0. The van der Waals surface area contributed by atoms with Crippen molar-refractivity contribution in [2.45, 2.75) is 19.3 Å². The first kappa shape index (κ1) is 22.7. The van der Waals surface area contributed by atoms with Crippen LogP contribution >= 0.6 is 0 Å². The van der Waals surface area contributed by atoms with Crippen LogP contribution in [-0.4, -0.2) is 9.78 Å². The second kappa shape index (κ2) is 9.25. The molecule has 4 aromatic carbocycles. The van der Waals surface area contributed by atoms with E-state index < -0.39 is 11.7 Å². The Morgan fingerprint density at radius 1 is 0.800 bits per heavy atom. The Balaban J connectivity index is 1.59. The van der Waals surface area contributed by atoms with Crippen molar-refractivity contribution in [1.82, 2.24) is 9.78 Å². The number of aromatic nitrogens is 2. The zero-order valence-corrected chi connectivity index (χ0v) is 18.5. The molecule has 0 radical (unpaired) electrons. The third-order valence-corrected chi connectivity index (χ3v) is 5.71. The SMILES string of the molecule is Fc1ccccc1COc1cccc(-c2c3cccc(C(F)(F)F)c3nn2Cc2ccccc2)c1. The fourth-order valence-corrected chi connectivity index (χ4v) is 4.07. The maximum Gasteiger partial charge on any atom is 0.418 e. The molecular weight excluding hydrogens is 456 g/mol. The Kier molecular flexibility index (Phi) is 5.99. The van der Waals surface area contributed by atoms with Gasteiger partial charge < -0.3 is 4.74 Å². The van der Waals surface area contributed by atoms with Gasteiger partial charge in [-0.25, -0.2) is 4.39 Å². The number of halogens is 4. The quantitative estimate of drug-likeness (QED) is 0.238. The van der Waals surface area contributed by atoms with Gasteiger partial charge in [-0.1, -0.05) is 72.8 Å². The lowest BCUT2D eigenvalue weighted by atomic mass is 10.0. The lowest BCUT2D eigenvalue weighted by Crippen LogP contribution is -2.06. The molecule has 7 heteroatoms. The van der Waals surface area contributed by atoms with Gasteiger partial charge in [0.2, 0.25) is 0 Å². The molecule has 0 fully saturated rings. The number of benzene rings is 4. The molecule has 0 atom stereocenters. The minimum absolute atomic E-state index is 0.0262. The average Bonchev–Trinajstić information content (AvgIpc) is 3.21. The molecule has 0 N–H and O–H groups in total. The summed E-state index contributed by atoms with van der Waals surface area (Å²) in [5.41, 5.74) is 1.62. The standard InChI is InChI=1S/C28H20F4N2O/c29-25-15-5-4-10-21(25)18-35-22-12-6-11-20(16-22)27-23-13-7-14-24(28(30,31)32)26(23)33-34(27)17-19-8-2-1-3-9-19/h1-16H,17-18H2. The van der Waals surface area contributed by atoms with Gasteiger partial charge in [-0.2, -0.15) is 18.3 Å². The molecule has 0 bridgehead atoms. The van der Waals surface area contributed by atoms with Crippen molar-refractivity contribution in [3.8, 4) is 17.0 Å². The molecule has 0 saturated carbocycles. The molecule has 1 aromatic heterocycles. The molecule has 0 aliphatic heterocycles. The largest absolute Gasteiger partial charge is 0.489 e. The van der Waals surface area contributed by atoms with Crippen LogP contribution in [0.1, 0.15) is 16.7 Å². The Morgan fingerprint density at radius 2 is 1.54 bits per heavy atom. The Bertz CT molecular complexity index is 1480. The van der Waals surface area contributed by atoms with Crippen LogP contribution in [0.3, 0.4) is 0 Å². The van der Waals surface area contributed by atoms with Crippen molar-refractivity contribution in [3.63, 3.8) is 0 Å². The number of rotatable bonds is 6. The highest BCUT2D eigenvalue weighted by Gasteiger charge is 2.34. The second-order valence-corrected chi connectivity index (χ2v) is 8.10. The van der Waals surface area contributed by atoms with E-state index in [-0.39, 0.29) is 17.9 Å². The van der Waals surface area contributed by atoms with Crippen LogP contribution in [0, 0.1) is 5.82 Å². The van der Waals surface area contributed by atoms with Gasteiger partial charge in [0, 0.05) is 16.5 Å². The summed E-state index contributed by atoms with van der Waals surface area (Å²) >= 11 is 0. The number of fused-ring (bicyclic) bond motifs is 1. The van der Waals surface area contributed by atoms with Crippen molar-refractivity contribution in [1.29, 1.82) is 0 Å². The Labute approximate surface area is 199 Å². The molecule has 0 unspecified atom stereocenters. The molecule has 0 aliphatic rings. The Morgan fingerprint density at radius 3 is 2.31 bits per heavy atom. The van der Waals surface area contributed by atoms with E-state index in [2.05, 4.69) is 5.10 Å². The summed E-state index contributed by atoms with van der Waals surface area (Å²) in [7, 11) is 0. The van der Waals surface area contributed by atoms with Gasteiger partial charge in [0.15, 0.2) is 0 Å². The van der Waals surface area contributed by atoms with Gasteiger partial charge in [0.25, 0.3) is 0 Å².